The van der Waals surface area contributed by atoms with Crippen molar-refractivity contribution in [3.63, 3.8) is 0 Å². The largest absolute Gasteiger partial charge is 0.472 e. The number of rotatable bonds is 4. The van der Waals surface area contributed by atoms with Crippen molar-refractivity contribution < 1.29 is 9.13 Å². The lowest BCUT2D eigenvalue weighted by Crippen LogP contribution is -2.39. The van der Waals surface area contributed by atoms with E-state index in [2.05, 4.69) is 15.3 Å². The molecule has 0 atom stereocenters. The van der Waals surface area contributed by atoms with E-state index in [0.29, 0.717) is 11.6 Å². The van der Waals surface area contributed by atoms with Crippen molar-refractivity contribution >= 4 is 0 Å². The Labute approximate surface area is 94.2 Å². The van der Waals surface area contributed by atoms with E-state index in [4.69, 9.17) is 4.74 Å². The van der Waals surface area contributed by atoms with Crippen LogP contribution >= 0.6 is 0 Å². The lowest BCUT2D eigenvalue weighted by atomic mass is 9.82. The molecule has 0 radical (unpaired) electrons. The standard InChI is InChI=1S/C11H16FN3O/c1-7-10(12)11(15-6-14-7)16-9-3-8(4-9)5-13-2/h6,8-9,13H,3-5H2,1-2H3. The minimum atomic E-state index is -0.445. The molecule has 1 N–H and O–H groups in total. The summed E-state index contributed by atoms with van der Waals surface area (Å²) in [4.78, 5) is 7.57. The van der Waals surface area contributed by atoms with E-state index in [9.17, 15) is 4.39 Å². The average Bonchev–Trinajstić information content (AvgIpc) is 2.21. The molecule has 0 spiro atoms. The Bertz CT molecular complexity index is 366. The van der Waals surface area contributed by atoms with Crippen molar-refractivity contribution in [2.24, 2.45) is 5.92 Å². The molecule has 4 nitrogen and oxygen atoms in total. The summed E-state index contributed by atoms with van der Waals surface area (Å²) < 4.78 is 19.0. The summed E-state index contributed by atoms with van der Waals surface area (Å²) in [5.74, 6) is 0.279. The first-order chi connectivity index (χ1) is 7.70. The monoisotopic (exact) mass is 225 g/mol. The van der Waals surface area contributed by atoms with Crippen molar-refractivity contribution in [3.05, 3.63) is 17.8 Å². The predicted octanol–water partition coefficient (Wildman–Crippen LogP) is 1.30. The number of aryl methyl sites for hydroxylation is 1. The quantitative estimate of drug-likeness (QED) is 0.839. The zero-order valence-corrected chi connectivity index (χ0v) is 9.53. The fraction of sp³-hybridized carbons (Fsp3) is 0.636. The molecule has 0 aliphatic heterocycles. The van der Waals surface area contributed by atoms with Gasteiger partial charge in [-0.05, 0) is 39.3 Å². The number of ether oxygens (including phenoxy) is 1. The van der Waals surface area contributed by atoms with Crippen LogP contribution in [-0.2, 0) is 0 Å². The first-order valence-electron chi connectivity index (χ1n) is 5.49. The first-order valence-corrected chi connectivity index (χ1v) is 5.49. The Morgan fingerprint density at radius 2 is 2.25 bits per heavy atom. The van der Waals surface area contributed by atoms with Crippen LogP contribution in [0.3, 0.4) is 0 Å². The lowest BCUT2D eigenvalue weighted by Gasteiger charge is -2.34. The van der Waals surface area contributed by atoms with E-state index >= 15 is 0 Å². The molecule has 2 rings (SSSR count). The minimum absolute atomic E-state index is 0.0837. The van der Waals surface area contributed by atoms with Crippen molar-refractivity contribution in [2.75, 3.05) is 13.6 Å². The SMILES string of the molecule is CNCC1CC(Oc2ncnc(C)c2F)C1. The van der Waals surface area contributed by atoms with Crippen LogP contribution in [0.4, 0.5) is 4.39 Å². The molecule has 1 aliphatic carbocycles. The van der Waals surface area contributed by atoms with Crippen LogP contribution < -0.4 is 10.1 Å². The third-order valence-corrected chi connectivity index (χ3v) is 2.90. The molecule has 16 heavy (non-hydrogen) atoms. The van der Waals surface area contributed by atoms with Gasteiger partial charge in [-0.3, -0.25) is 0 Å². The molecule has 0 saturated heterocycles. The first kappa shape index (κ1) is 11.3. The van der Waals surface area contributed by atoms with Crippen LogP contribution in [0.2, 0.25) is 0 Å². The van der Waals surface area contributed by atoms with Gasteiger partial charge in [0.25, 0.3) is 5.88 Å². The highest BCUT2D eigenvalue weighted by molar-refractivity contribution is 5.16. The van der Waals surface area contributed by atoms with Crippen LogP contribution in [0.1, 0.15) is 18.5 Å². The van der Waals surface area contributed by atoms with Crippen molar-refractivity contribution in [1.82, 2.24) is 15.3 Å². The second kappa shape index (κ2) is 4.74. The highest BCUT2D eigenvalue weighted by Crippen LogP contribution is 2.31. The Morgan fingerprint density at radius 3 is 2.94 bits per heavy atom. The number of halogens is 1. The maximum atomic E-state index is 13.5. The zero-order chi connectivity index (χ0) is 11.5. The predicted molar refractivity (Wildman–Crippen MR) is 57.8 cm³/mol. The van der Waals surface area contributed by atoms with Crippen LogP contribution in [0, 0.1) is 18.7 Å². The molecule has 0 aromatic carbocycles. The smallest absolute Gasteiger partial charge is 0.254 e. The maximum Gasteiger partial charge on any atom is 0.254 e. The van der Waals surface area contributed by atoms with E-state index in [1.165, 1.54) is 6.33 Å². The normalized spacial score (nSPS) is 23.9. The molecule has 1 heterocycles. The summed E-state index contributed by atoms with van der Waals surface area (Å²) in [5, 5.41) is 3.12. The van der Waals surface area contributed by atoms with Gasteiger partial charge in [0.1, 0.15) is 12.4 Å². The Kier molecular flexibility index (Phi) is 3.33. The number of nitrogens with one attached hydrogen (secondary N) is 1. The summed E-state index contributed by atoms with van der Waals surface area (Å²) in [6.45, 7) is 2.60. The number of aromatic nitrogens is 2. The third-order valence-electron chi connectivity index (χ3n) is 2.90. The van der Waals surface area contributed by atoms with Gasteiger partial charge >= 0.3 is 0 Å². The topological polar surface area (TPSA) is 47.0 Å². The van der Waals surface area contributed by atoms with Gasteiger partial charge in [0.15, 0.2) is 0 Å². The number of nitrogens with zero attached hydrogens (tertiary/aromatic N) is 2. The molecule has 1 aliphatic rings. The minimum Gasteiger partial charge on any atom is -0.472 e. The number of hydrogen-bond donors (Lipinski definition) is 1. The molecule has 0 amide bonds. The molecular formula is C11H16FN3O. The molecule has 1 fully saturated rings. The van der Waals surface area contributed by atoms with Gasteiger partial charge < -0.3 is 10.1 Å². The summed E-state index contributed by atoms with van der Waals surface area (Å²) in [6, 6.07) is 0. The Hall–Kier alpha value is -1.23. The average molecular weight is 225 g/mol. The number of hydrogen-bond acceptors (Lipinski definition) is 4. The van der Waals surface area contributed by atoms with Gasteiger partial charge in [-0.15, -0.1) is 0 Å². The van der Waals surface area contributed by atoms with Gasteiger partial charge in [-0.2, -0.15) is 9.37 Å². The second-order valence-corrected chi connectivity index (χ2v) is 4.21. The fourth-order valence-corrected chi connectivity index (χ4v) is 1.90. The fourth-order valence-electron chi connectivity index (χ4n) is 1.90. The van der Waals surface area contributed by atoms with Gasteiger partial charge in [-0.25, -0.2) is 4.98 Å². The van der Waals surface area contributed by atoms with E-state index in [0.717, 1.165) is 19.4 Å². The highest BCUT2D eigenvalue weighted by atomic mass is 19.1. The van der Waals surface area contributed by atoms with E-state index in [1.54, 1.807) is 6.92 Å². The second-order valence-electron chi connectivity index (χ2n) is 4.21. The van der Waals surface area contributed by atoms with E-state index in [1.807, 2.05) is 7.05 Å². The zero-order valence-electron chi connectivity index (χ0n) is 9.53. The molecule has 1 aromatic heterocycles. The van der Waals surface area contributed by atoms with Crippen molar-refractivity contribution in [3.8, 4) is 5.88 Å². The van der Waals surface area contributed by atoms with Gasteiger partial charge in [0, 0.05) is 0 Å². The molecule has 88 valence electrons. The molecular weight excluding hydrogens is 209 g/mol. The summed E-state index contributed by atoms with van der Waals surface area (Å²) in [5.41, 5.74) is 0.330. The van der Waals surface area contributed by atoms with Crippen LogP contribution in [-0.4, -0.2) is 29.7 Å². The third kappa shape index (κ3) is 2.29. The maximum absolute atomic E-state index is 13.5. The van der Waals surface area contributed by atoms with Gasteiger partial charge in [0.05, 0.1) is 5.69 Å². The van der Waals surface area contributed by atoms with Crippen LogP contribution in [0.15, 0.2) is 6.33 Å². The highest BCUT2D eigenvalue weighted by Gasteiger charge is 2.31. The Balaban J connectivity index is 1.89. The summed E-state index contributed by atoms with van der Waals surface area (Å²) in [7, 11) is 1.93. The molecule has 1 aromatic rings. The van der Waals surface area contributed by atoms with Crippen molar-refractivity contribution in [1.29, 1.82) is 0 Å². The molecule has 5 heteroatoms. The van der Waals surface area contributed by atoms with Gasteiger partial charge in [-0.1, -0.05) is 0 Å². The molecule has 0 unspecified atom stereocenters. The summed E-state index contributed by atoms with van der Waals surface area (Å²) >= 11 is 0. The van der Waals surface area contributed by atoms with E-state index < -0.39 is 5.82 Å². The van der Waals surface area contributed by atoms with Gasteiger partial charge in [0.2, 0.25) is 5.82 Å². The van der Waals surface area contributed by atoms with Crippen molar-refractivity contribution in [2.45, 2.75) is 25.9 Å². The van der Waals surface area contributed by atoms with Crippen LogP contribution in [0.25, 0.3) is 0 Å². The lowest BCUT2D eigenvalue weighted by molar-refractivity contribution is 0.0574. The molecule has 1 saturated carbocycles. The summed E-state index contributed by atoms with van der Waals surface area (Å²) in [6.07, 6.45) is 3.35. The van der Waals surface area contributed by atoms with E-state index in [-0.39, 0.29) is 12.0 Å². The Morgan fingerprint density at radius 1 is 1.50 bits per heavy atom. The molecule has 0 bridgehead atoms. The van der Waals surface area contributed by atoms with Crippen LogP contribution in [0.5, 0.6) is 5.88 Å².